The van der Waals surface area contributed by atoms with Crippen LogP contribution in [-0.2, 0) is 16.8 Å². The number of hydrogen-bond donors (Lipinski definition) is 2. The first kappa shape index (κ1) is 10.7. The molecule has 0 aliphatic carbocycles. The Morgan fingerprint density at radius 3 is 2.73 bits per heavy atom. The van der Waals surface area contributed by atoms with Crippen molar-refractivity contribution in [3.63, 3.8) is 0 Å². The van der Waals surface area contributed by atoms with Gasteiger partial charge in [0.05, 0.1) is 12.2 Å². The minimum Gasteiger partial charge on any atom is -0.423 e. The lowest BCUT2D eigenvalue weighted by Gasteiger charge is -2.33. The molecule has 1 aliphatic rings. The highest BCUT2D eigenvalue weighted by Crippen LogP contribution is 2.31. The summed E-state index contributed by atoms with van der Waals surface area (Å²) in [7, 11) is -1.39. The molecule has 0 unspecified atom stereocenters. The van der Waals surface area contributed by atoms with Crippen molar-refractivity contribution < 1.29 is 14.8 Å². The first-order valence-electron chi connectivity index (χ1n) is 5.14. The highest BCUT2D eigenvalue weighted by Gasteiger charge is 2.28. The van der Waals surface area contributed by atoms with E-state index >= 15 is 0 Å². The van der Waals surface area contributed by atoms with Crippen LogP contribution in [0.3, 0.4) is 0 Å². The lowest BCUT2D eigenvalue weighted by atomic mass is 9.76. The van der Waals surface area contributed by atoms with E-state index in [2.05, 4.69) is 0 Å². The van der Waals surface area contributed by atoms with Crippen LogP contribution in [-0.4, -0.2) is 23.8 Å². The average molecular weight is 206 g/mol. The maximum absolute atomic E-state index is 9.08. The Hall–Kier alpha value is -0.835. The number of rotatable bonds is 1. The van der Waals surface area contributed by atoms with E-state index in [0.29, 0.717) is 12.1 Å². The third-order valence-corrected chi connectivity index (χ3v) is 2.91. The topological polar surface area (TPSA) is 49.7 Å². The molecule has 0 aromatic heterocycles. The Balaban J connectivity index is 2.45. The van der Waals surface area contributed by atoms with Crippen LogP contribution in [0.2, 0.25) is 0 Å². The predicted molar refractivity (Wildman–Crippen MR) is 58.9 cm³/mol. The highest BCUT2D eigenvalue weighted by molar-refractivity contribution is 6.58. The zero-order valence-electron chi connectivity index (χ0n) is 9.03. The number of benzene rings is 1. The van der Waals surface area contributed by atoms with Gasteiger partial charge in [0, 0.05) is 0 Å². The summed E-state index contributed by atoms with van der Waals surface area (Å²) in [6.45, 7) is 4.74. The van der Waals surface area contributed by atoms with Gasteiger partial charge in [-0.05, 0) is 36.9 Å². The van der Waals surface area contributed by atoms with Crippen LogP contribution < -0.4 is 5.46 Å². The zero-order chi connectivity index (χ0) is 11.1. The van der Waals surface area contributed by atoms with Crippen molar-refractivity contribution >= 4 is 12.6 Å². The molecule has 2 rings (SSSR count). The number of ether oxygens (including phenoxy) is 1. The molecule has 0 atom stereocenters. The van der Waals surface area contributed by atoms with E-state index in [9.17, 15) is 0 Å². The van der Waals surface area contributed by atoms with Gasteiger partial charge in [-0.15, -0.1) is 0 Å². The van der Waals surface area contributed by atoms with Crippen LogP contribution >= 0.6 is 0 Å². The third kappa shape index (κ3) is 1.93. The summed E-state index contributed by atoms with van der Waals surface area (Å²) in [5, 5.41) is 18.2. The molecule has 0 spiro atoms. The van der Waals surface area contributed by atoms with Gasteiger partial charge in [0.1, 0.15) is 0 Å². The Labute approximate surface area is 89.8 Å². The van der Waals surface area contributed by atoms with Gasteiger partial charge in [-0.1, -0.05) is 18.2 Å². The van der Waals surface area contributed by atoms with Crippen LogP contribution in [0.4, 0.5) is 0 Å². The molecule has 80 valence electrons. The van der Waals surface area contributed by atoms with Gasteiger partial charge in [0.2, 0.25) is 0 Å². The smallest absolute Gasteiger partial charge is 0.423 e. The van der Waals surface area contributed by atoms with Crippen molar-refractivity contribution in [2.45, 2.75) is 25.9 Å². The fourth-order valence-electron chi connectivity index (χ4n) is 2.06. The van der Waals surface area contributed by atoms with Gasteiger partial charge in [-0.25, -0.2) is 0 Å². The van der Waals surface area contributed by atoms with Gasteiger partial charge < -0.3 is 14.8 Å². The maximum atomic E-state index is 9.08. The summed E-state index contributed by atoms with van der Waals surface area (Å²) in [5.74, 6) is 0. The molecule has 4 heteroatoms. The molecule has 1 aliphatic heterocycles. The zero-order valence-corrected chi connectivity index (χ0v) is 9.03. The van der Waals surface area contributed by atoms with Crippen molar-refractivity contribution in [1.29, 1.82) is 0 Å². The standard InChI is InChI=1S/C11H15BO3/c1-11(2)10-4-3-9(12(13)14)7-8(10)5-6-15-11/h3-4,7,13-14H,5-6H2,1-2H3. The molecule has 2 N–H and O–H groups in total. The van der Waals surface area contributed by atoms with Gasteiger partial charge >= 0.3 is 7.12 Å². The van der Waals surface area contributed by atoms with Crippen LogP contribution in [0, 0.1) is 0 Å². The fraction of sp³-hybridized carbons (Fsp3) is 0.455. The van der Waals surface area contributed by atoms with E-state index in [0.717, 1.165) is 17.5 Å². The first-order valence-corrected chi connectivity index (χ1v) is 5.14. The minimum atomic E-state index is -1.39. The summed E-state index contributed by atoms with van der Waals surface area (Å²) in [6, 6.07) is 5.51. The molecule has 0 fully saturated rings. The Morgan fingerprint density at radius 1 is 1.33 bits per heavy atom. The predicted octanol–water partition coefficient (Wildman–Crippen LogP) is 0.174. The van der Waals surface area contributed by atoms with E-state index < -0.39 is 7.12 Å². The molecule has 0 amide bonds. The van der Waals surface area contributed by atoms with Gasteiger partial charge in [-0.3, -0.25) is 0 Å². The van der Waals surface area contributed by atoms with Crippen LogP contribution in [0.1, 0.15) is 25.0 Å². The fourth-order valence-corrected chi connectivity index (χ4v) is 2.06. The minimum absolute atomic E-state index is 0.271. The number of hydrogen-bond acceptors (Lipinski definition) is 3. The van der Waals surface area contributed by atoms with Crippen molar-refractivity contribution in [3.8, 4) is 0 Å². The Morgan fingerprint density at radius 2 is 2.07 bits per heavy atom. The van der Waals surface area contributed by atoms with E-state index in [1.807, 2.05) is 26.0 Å². The Bertz CT molecular complexity index is 374. The molecule has 1 aromatic carbocycles. The van der Waals surface area contributed by atoms with Crippen LogP contribution in [0.5, 0.6) is 0 Å². The molecule has 1 heterocycles. The van der Waals surface area contributed by atoms with Gasteiger partial charge in [0.25, 0.3) is 0 Å². The molecule has 0 saturated heterocycles. The highest BCUT2D eigenvalue weighted by atomic mass is 16.5. The second kappa shape index (κ2) is 3.63. The van der Waals surface area contributed by atoms with E-state index in [4.69, 9.17) is 14.8 Å². The molecule has 1 aromatic rings. The van der Waals surface area contributed by atoms with E-state index in [1.54, 1.807) is 6.07 Å². The van der Waals surface area contributed by atoms with E-state index in [-0.39, 0.29) is 5.60 Å². The normalized spacial score (nSPS) is 18.4. The van der Waals surface area contributed by atoms with E-state index in [1.165, 1.54) is 0 Å². The molecule has 0 saturated carbocycles. The van der Waals surface area contributed by atoms with Crippen molar-refractivity contribution in [2.75, 3.05) is 6.61 Å². The molecular weight excluding hydrogens is 191 g/mol. The average Bonchev–Trinajstić information content (AvgIpc) is 2.16. The number of fused-ring (bicyclic) bond motifs is 1. The maximum Gasteiger partial charge on any atom is 0.488 e. The third-order valence-electron chi connectivity index (χ3n) is 2.91. The molecule has 15 heavy (non-hydrogen) atoms. The summed E-state index contributed by atoms with van der Waals surface area (Å²) >= 11 is 0. The van der Waals surface area contributed by atoms with Gasteiger partial charge in [-0.2, -0.15) is 0 Å². The molecule has 0 radical (unpaired) electrons. The summed E-state index contributed by atoms with van der Waals surface area (Å²) in [4.78, 5) is 0. The van der Waals surface area contributed by atoms with Crippen LogP contribution in [0.15, 0.2) is 18.2 Å². The van der Waals surface area contributed by atoms with Crippen molar-refractivity contribution in [3.05, 3.63) is 29.3 Å². The lowest BCUT2D eigenvalue weighted by Crippen LogP contribution is -2.34. The SMILES string of the molecule is CC1(C)OCCc2cc(B(O)O)ccc21. The summed E-state index contributed by atoms with van der Waals surface area (Å²) < 4.78 is 5.67. The van der Waals surface area contributed by atoms with Gasteiger partial charge in [0.15, 0.2) is 0 Å². The largest absolute Gasteiger partial charge is 0.488 e. The van der Waals surface area contributed by atoms with Crippen LogP contribution in [0.25, 0.3) is 0 Å². The first-order chi connectivity index (χ1) is 7.00. The quantitative estimate of drug-likeness (QED) is 0.644. The monoisotopic (exact) mass is 206 g/mol. The second-order valence-electron chi connectivity index (χ2n) is 4.40. The summed E-state index contributed by atoms with van der Waals surface area (Å²) in [6.07, 6.45) is 0.833. The van der Waals surface area contributed by atoms with Crippen molar-refractivity contribution in [2.24, 2.45) is 0 Å². The van der Waals surface area contributed by atoms with Crippen molar-refractivity contribution in [1.82, 2.24) is 0 Å². The molecule has 3 nitrogen and oxygen atoms in total. The summed E-state index contributed by atoms with van der Waals surface area (Å²) in [5.41, 5.74) is 2.56. The second-order valence-corrected chi connectivity index (χ2v) is 4.40. The molecular formula is C11H15BO3. The molecule has 0 bridgehead atoms. The Kier molecular flexibility index (Phi) is 2.58. The lowest BCUT2D eigenvalue weighted by molar-refractivity contribution is -0.0314.